The first-order valence-corrected chi connectivity index (χ1v) is 19.7. The highest BCUT2D eigenvalue weighted by Crippen LogP contribution is 2.26. The van der Waals surface area contributed by atoms with E-state index in [1.807, 2.05) is 0 Å². The lowest BCUT2D eigenvalue weighted by molar-refractivity contribution is -0.944. The molecule has 0 aliphatic carbocycles. The molecule has 0 aliphatic heterocycles. The van der Waals surface area contributed by atoms with Crippen molar-refractivity contribution >= 4 is 5.97 Å². The molecule has 3 nitrogen and oxygen atoms in total. The van der Waals surface area contributed by atoms with Crippen LogP contribution in [0.2, 0.25) is 0 Å². The van der Waals surface area contributed by atoms with Crippen molar-refractivity contribution in [3.63, 3.8) is 0 Å². The van der Waals surface area contributed by atoms with Gasteiger partial charge in [0.15, 0.2) is 6.04 Å². The first-order chi connectivity index (χ1) is 20.6. The van der Waals surface area contributed by atoms with Gasteiger partial charge in [-0.2, -0.15) is 0 Å². The van der Waals surface area contributed by atoms with E-state index in [0.29, 0.717) is 0 Å². The molecule has 0 radical (unpaired) electrons. The Morgan fingerprint density at radius 2 is 0.643 bits per heavy atom. The number of hydrogen-bond donors (Lipinski definition) is 1. The van der Waals surface area contributed by atoms with Crippen LogP contribution in [0.15, 0.2) is 0 Å². The Hall–Kier alpha value is -0.570. The van der Waals surface area contributed by atoms with Gasteiger partial charge in [0.25, 0.3) is 0 Å². The molecule has 1 N–H and O–H groups in total. The zero-order chi connectivity index (χ0) is 31.0. The Morgan fingerprint density at radius 1 is 0.405 bits per heavy atom. The van der Waals surface area contributed by atoms with Gasteiger partial charge in [-0.05, 0) is 44.9 Å². The molecule has 0 aliphatic rings. The average Bonchev–Trinajstić information content (AvgIpc) is 2.98. The molecule has 0 heterocycles. The molecule has 0 saturated heterocycles. The SMILES string of the molecule is CCCCCCCCCCCCCCCCCCCC(C(=O)O)[N+](CCCCCC)(CCCCCC)CCCCCC. The number of carboxylic acid groups (broad SMARTS) is 1. The molecule has 0 amide bonds. The lowest BCUT2D eigenvalue weighted by Gasteiger charge is -2.44. The second-order valence-electron chi connectivity index (χ2n) is 13.9. The fraction of sp³-hybridized carbons (Fsp3) is 0.974. The summed E-state index contributed by atoms with van der Waals surface area (Å²) >= 11 is 0. The number of rotatable bonds is 35. The number of quaternary nitrogens is 1. The predicted molar refractivity (Wildman–Crippen MR) is 187 cm³/mol. The predicted octanol–water partition coefficient (Wildman–Crippen LogP) is 13.0. The van der Waals surface area contributed by atoms with Crippen molar-refractivity contribution in [2.45, 2.75) is 226 Å². The van der Waals surface area contributed by atoms with E-state index >= 15 is 0 Å². The van der Waals surface area contributed by atoms with Crippen molar-refractivity contribution in [2.75, 3.05) is 19.6 Å². The minimum absolute atomic E-state index is 0.203. The standard InChI is InChI=1S/C39H79NO2/c1-5-9-13-17-18-19-20-21-22-23-24-25-26-27-28-29-30-34-38(39(41)42)40(35-31-14-10-6-2,36-32-15-11-7-3)37-33-16-12-8-4/h38H,5-37H2,1-4H3/p+1. The number of nitrogens with zero attached hydrogens (tertiary/aromatic N) is 1. The molecule has 0 rings (SSSR count). The monoisotopic (exact) mass is 595 g/mol. The van der Waals surface area contributed by atoms with Gasteiger partial charge in [0.2, 0.25) is 0 Å². The summed E-state index contributed by atoms with van der Waals surface area (Å²) in [6.45, 7) is 12.3. The van der Waals surface area contributed by atoms with Gasteiger partial charge in [-0.15, -0.1) is 0 Å². The minimum atomic E-state index is -0.520. The van der Waals surface area contributed by atoms with Crippen molar-refractivity contribution in [3.05, 3.63) is 0 Å². The van der Waals surface area contributed by atoms with Crippen LogP contribution in [0.25, 0.3) is 0 Å². The highest BCUT2D eigenvalue weighted by atomic mass is 16.4. The van der Waals surface area contributed by atoms with Crippen LogP contribution in [0.3, 0.4) is 0 Å². The van der Waals surface area contributed by atoms with E-state index in [4.69, 9.17) is 0 Å². The fourth-order valence-corrected chi connectivity index (χ4v) is 7.06. The molecule has 42 heavy (non-hydrogen) atoms. The summed E-state index contributed by atoms with van der Waals surface area (Å²) in [6, 6.07) is -0.203. The van der Waals surface area contributed by atoms with Crippen LogP contribution >= 0.6 is 0 Å². The summed E-state index contributed by atoms with van der Waals surface area (Å²) in [4.78, 5) is 12.8. The zero-order valence-electron chi connectivity index (χ0n) is 29.7. The average molecular weight is 595 g/mol. The van der Waals surface area contributed by atoms with Crippen molar-refractivity contribution in [3.8, 4) is 0 Å². The molecule has 1 atom stereocenters. The number of carboxylic acids is 1. The number of unbranched alkanes of at least 4 members (excludes halogenated alkanes) is 25. The van der Waals surface area contributed by atoms with Crippen LogP contribution in [0.4, 0.5) is 0 Å². The van der Waals surface area contributed by atoms with Gasteiger partial charge in [-0.1, -0.05) is 169 Å². The summed E-state index contributed by atoms with van der Waals surface area (Å²) in [5.41, 5.74) is 0. The molecular weight excluding hydrogens is 514 g/mol. The van der Waals surface area contributed by atoms with Crippen LogP contribution in [-0.2, 0) is 4.79 Å². The van der Waals surface area contributed by atoms with Crippen LogP contribution in [0, 0.1) is 0 Å². The van der Waals surface area contributed by atoms with E-state index in [-0.39, 0.29) is 6.04 Å². The van der Waals surface area contributed by atoms with Gasteiger partial charge in [0, 0.05) is 6.42 Å². The molecule has 0 saturated carbocycles. The Morgan fingerprint density at radius 3 is 0.905 bits per heavy atom. The van der Waals surface area contributed by atoms with Gasteiger partial charge in [0.1, 0.15) is 0 Å². The van der Waals surface area contributed by atoms with Crippen LogP contribution in [0.5, 0.6) is 0 Å². The lowest BCUT2D eigenvalue weighted by atomic mass is 9.98. The van der Waals surface area contributed by atoms with Crippen molar-refractivity contribution in [2.24, 2.45) is 0 Å². The summed E-state index contributed by atoms with van der Waals surface area (Å²) in [5, 5.41) is 10.5. The molecule has 0 spiro atoms. The molecule has 0 aromatic rings. The Bertz CT molecular complexity index is 517. The maximum atomic E-state index is 12.8. The molecule has 252 valence electrons. The van der Waals surface area contributed by atoms with Crippen LogP contribution in [0.1, 0.15) is 220 Å². The molecule has 0 aromatic heterocycles. The topological polar surface area (TPSA) is 37.3 Å². The van der Waals surface area contributed by atoms with Gasteiger partial charge in [-0.25, -0.2) is 4.79 Å². The van der Waals surface area contributed by atoms with Crippen LogP contribution in [-0.4, -0.2) is 41.2 Å². The van der Waals surface area contributed by atoms with Crippen molar-refractivity contribution < 1.29 is 14.4 Å². The molecule has 0 aromatic carbocycles. The largest absolute Gasteiger partial charge is 0.477 e. The summed E-state index contributed by atoms with van der Waals surface area (Å²) in [6.07, 6.45) is 39.2. The molecular formula is C39H80NO2+. The first-order valence-electron chi connectivity index (χ1n) is 19.7. The maximum Gasteiger partial charge on any atom is 0.362 e. The third-order valence-corrected chi connectivity index (χ3v) is 9.90. The fourth-order valence-electron chi connectivity index (χ4n) is 7.06. The number of carbonyl (C=O) groups is 1. The Balaban J connectivity index is 4.52. The maximum absolute atomic E-state index is 12.8. The van der Waals surface area contributed by atoms with Crippen molar-refractivity contribution in [1.29, 1.82) is 0 Å². The van der Waals surface area contributed by atoms with E-state index in [9.17, 15) is 9.90 Å². The summed E-state index contributed by atoms with van der Waals surface area (Å²) in [5.74, 6) is -0.520. The first kappa shape index (κ1) is 41.4. The Labute approximate surface area is 266 Å². The number of hydrogen-bond acceptors (Lipinski definition) is 1. The van der Waals surface area contributed by atoms with E-state index in [0.717, 1.165) is 37.0 Å². The Kier molecular flexibility index (Phi) is 31.4. The second kappa shape index (κ2) is 31.8. The van der Waals surface area contributed by atoms with E-state index in [1.165, 1.54) is 180 Å². The zero-order valence-corrected chi connectivity index (χ0v) is 29.7. The molecule has 1 unspecified atom stereocenters. The number of aliphatic carboxylic acids is 1. The lowest BCUT2D eigenvalue weighted by Crippen LogP contribution is -2.60. The minimum Gasteiger partial charge on any atom is -0.477 e. The third kappa shape index (κ3) is 23.8. The normalized spacial score (nSPS) is 12.7. The van der Waals surface area contributed by atoms with Gasteiger partial charge >= 0.3 is 5.97 Å². The van der Waals surface area contributed by atoms with Gasteiger partial charge in [-0.3, -0.25) is 0 Å². The second-order valence-corrected chi connectivity index (χ2v) is 13.9. The van der Waals surface area contributed by atoms with Gasteiger partial charge in [0.05, 0.1) is 19.6 Å². The third-order valence-electron chi connectivity index (χ3n) is 9.90. The van der Waals surface area contributed by atoms with Gasteiger partial charge < -0.3 is 9.59 Å². The van der Waals surface area contributed by atoms with E-state index < -0.39 is 5.97 Å². The highest BCUT2D eigenvalue weighted by Gasteiger charge is 2.40. The summed E-state index contributed by atoms with van der Waals surface area (Å²) < 4.78 is 0.866. The molecule has 0 bridgehead atoms. The molecule has 0 fully saturated rings. The summed E-state index contributed by atoms with van der Waals surface area (Å²) in [7, 11) is 0. The quantitative estimate of drug-likeness (QED) is 0.0585. The highest BCUT2D eigenvalue weighted by molar-refractivity contribution is 5.72. The smallest absolute Gasteiger partial charge is 0.362 e. The van der Waals surface area contributed by atoms with Crippen molar-refractivity contribution in [1.82, 2.24) is 0 Å². The van der Waals surface area contributed by atoms with E-state index in [2.05, 4.69) is 27.7 Å². The van der Waals surface area contributed by atoms with E-state index in [1.54, 1.807) is 0 Å². The van der Waals surface area contributed by atoms with Crippen LogP contribution < -0.4 is 0 Å². The molecule has 3 heteroatoms.